The third kappa shape index (κ3) is 9.13. The van der Waals surface area contributed by atoms with Crippen molar-refractivity contribution >= 4 is 59.8 Å². The standard InChI is InChI=1S/C40H51N7O15S3/c1-47-27-14-13-24(31-32(27)30(20-9-2-3-10-21(20)35(31)49)33(36(47)50)34(48)18-7-6-8-19(15-18)63(54,55)56)41-25-16-26(29(65(60,61)62)17-28(25)64(57,58)59)43-39-44-38(45-40(53)46-39)42-23-12-5-4-11-22(23)37(51)52/h6-7,11,16,18-19,23-25,27-29,39-41,43,46,53H,2-5,8-10,12-15,17H2,1H3,(H,51,52)(H2,42,44,45)(H,54,55,56)(H,57,58,59)(H,60,61,62). The van der Waals surface area contributed by atoms with Crippen LogP contribution in [0.25, 0.3) is 0 Å². The lowest BCUT2D eigenvalue weighted by atomic mass is 9.64. The number of aliphatic hydroxyl groups is 1. The van der Waals surface area contributed by atoms with Gasteiger partial charge in [-0.3, -0.25) is 28.0 Å². The van der Waals surface area contributed by atoms with E-state index in [1.165, 1.54) is 24.1 Å². The number of allylic oxidation sites excluding steroid dienone is 5. The van der Waals surface area contributed by atoms with Crippen LogP contribution in [0.2, 0.25) is 0 Å². The monoisotopic (exact) mass is 965 g/mol. The number of nitrogens with one attached hydrogen (secondary N) is 5. The molecule has 2 heterocycles. The Morgan fingerprint density at radius 3 is 2.28 bits per heavy atom. The number of carboxylic acid groups (broad SMARTS) is 1. The number of carbonyl (C=O) groups excluding carboxylic acids is 3. The molecule has 10 atom stereocenters. The van der Waals surface area contributed by atoms with Gasteiger partial charge in [0.05, 0.1) is 28.5 Å². The van der Waals surface area contributed by atoms with E-state index in [2.05, 4.69) is 31.6 Å². The van der Waals surface area contributed by atoms with Gasteiger partial charge < -0.3 is 36.4 Å². The Morgan fingerprint density at radius 2 is 1.60 bits per heavy atom. The van der Waals surface area contributed by atoms with Crippen molar-refractivity contribution in [2.45, 2.75) is 130 Å². The second-order valence-electron chi connectivity index (χ2n) is 17.6. The molecular weight excluding hydrogens is 915 g/mol. The predicted octanol–water partition coefficient (Wildman–Crippen LogP) is -0.563. The van der Waals surface area contributed by atoms with E-state index in [1.807, 2.05) is 0 Å². The van der Waals surface area contributed by atoms with E-state index in [0.717, 1.165) is 6.08 Å². The second kappa shape index (κ2) is 17.6. The summed E-state index contributed by atoms with van der Waals surface area (Å²) in [5.41, 5.74) is 1.23. The number of hydrogen-bond acceptors (Lipinski definition) is 17. The van der Waals surface area contributed by atoms with Gasteiger partial charge in [-0.15, -0.1) is 0 Å². The fraction of sp³-hybridized carbons (Fsp3) is 0.575. The zero-order valence-corrected chi connectivity index (χ0v) is 37.5. The molecule has 8 rings (SSSR count). The van der Waals surface area contributed by atoms with Gasteiger partial charge in [-0.2, -0.15) is 25.3 Å². The summed E-state index contributed by atoms with van der Waals surface area (Å²) in [6.45, 7) is 0. The van der Waals surface area contributed by atoms with E-state index >= 15 is 0 Å². The van der Waals surface area contributed by atoms with Gasteiger partial charge in [0, 0.05) is 47.5 Å². The number of ketones is 2. The first-order valence-corrected chi connectivity index (χ1v) is 25.9. The molecule has 0 radical (unpaired) electrons. The zero-order chi connectivity index (χ0) is 46.9. The molecule has 354 valence electrons. The van der Waals surface area contributed by atoms with Gasteiger partial charge in [0.1, 0.15) is 10.5 Å². The Hall–Kier alpha value is -4.60. The molecule has 0 saturated heterocycles. The van der Waals surface area contributed by atoms with Gasteiger partial charge >= 0.3 is 5.97 Å². The highest BCUT2D eigenvalue weighted by Gasteiger charge is 2.52. The number of aliphatic hydroxyl groups excluding tert-OH is 1. The largest absolute Gasteiger partial charge is 0.478 e. The molecule has 0 spiro atoms. The summed E-state index contributed by atoms with van der Waals surface area (Å²) in [6, 6.07) is -3.88. The number of amides is 1. The van der Waals surface area contributed by atoms with Crippen LogP contribution >= 0.6 is 0 Å². The van der Waals surface area contributed by atoms with E-state index in [4.69, 9.17) is 0 Å². The summed E-state index contributed by atoms with van der Waals surface area (Å²) in [4.78, 5) is 61.2. The van der Waals surface area contributed by atoms with E-state index < -0.39 is 119 Å². The number of carboxylic acids is 1. The Kier molecular flexibility index (Phi) is 12.7. The smallest absolute Gasteiger partial charge is 0.333 e. The lowest BCUT2D eigenvalue weighted by Crippen LogP contribution is -2.63. The van der Waals surface area contributed by atoms with Gasteiger partial charge in [-0.1, -0.05) is 18.2 Å². The third-order valence-electron chi connectivity index (χ3n) is 13.6. The minimum Gasteiger partial charge on any atom is -0.478 e. The summed E-state index contributed by atoms with van der Waals surface area (Å²) in [5.74, 6) is -4.03. The quantitative estimate of drug-likeness (QED) is 0.0705. The van der Waals surface area contributed by atoms with E-state index in [1.54, 1.807) is 6.08 Å². The molecule has 0 saturated carbocycles. The number of aliphatic carboxylic acids is 1. The molecule has 0 aromatic carbocycles. The van der Waals surface area contributed by atoms with Crippen molar-refractivity contribution in [3.05, 3.63) is 69.0 Å². The summed E-state index contributed by atoms with van der Waals surface area (Å²) < 4.78 is 107. The van der Waals surface area contributed by atoms with Crippen LogP contribution in [0.15, 0.2) is 74.0 Å². The molecule has 0 aromatic rings. The Balaban J connectivity index is 1.19. The van der Waals surface area contributed by atoms with Crippen molar-refractivity contribution in [3.8, 4) is 0 Å². The van der Waals surface area contributed by atoms with Crippen molar-refractivity contribution in [1.29, 1.82) is 0 Å². The highest BCUT2D eigenvalue weighted by Crippen LogP contribution is 2.50. The van der Waals surface area contributed by atoms with Crippen LogP contribution in [0, 0.1) is 5.92 Å². The van der Waals surface area contributed by atoms with Crippen molar-refractivity contribution in [3.63, 3.8) is 0 Å². The summed E-state index contributed by atoms with van der Waals surface area (Å²) in [5, 5.41) is 29.3. The van der Waals surface area contributed by atoms with Crippen LogP contribution in [0.3, 0.4) is 0 Å². The molecule has 10 N–H and O–H groups in total. The summed E-state index contributed by atoms with van der Waals surface area (Å²) in [7, 11) is -13.3. The maximum Gasteiger partial charge on any atom is 0.333 e. The number of carbonyl (C=O) groups is 4. The molecule has 1 amide bonds. The molecule has 2 aliphatic heterocycles. The lowest BCUT2D eigenvalue weighted by Gasteiger charge is -2.47. The number of hydrogen-bond donors (Lipinski definition) is 10. The van der Waals surface area contributed by atoms with Gasteiger partial charge in [0.2, 0.25) is 0 Å². The van der Waals surface area contributed by atoms with Crippen LogP contribution in [-0.2, 0) is 49.5 Å². The molecule has 6 aliphatic carbocycles. The summed E-state index contributed by atoms with van der Waals surface area (Å²) >= 11 is 0. The first-order valence-electron chi connectivity index (χ1n) is 21.4. The van der Waals surface area contributed by atoms with Crippen LogP contribution in [0.4, 0.5) is 0 Å². The molecule has 22 nitrogen and oxygen atoms in total. The Labute approximate surface area is 374 Å². The third-order valence-corrected chi connectivity index (χ3v) is 17.3. The fourth-order valence-electron chi connectivity index (χ4n) is 10.6. The van der Waals surface area contributed by atoms with Gasteiger partial charge in [-0.05, 0) is 94.3 Å². The average Bonchev–Trinajstić information content (AvgIpc) is 3.23. The normalized spacial score (nSPS) is 33.3. The maximum absolute atomic E-state index is 14.8. The molecule has 10 unspecified atom stereocenters. The number of aliphatic imine (C=N–C) groups is 1. The highest BCUT2D eigenvalue weighted by atomic mass is 32.2. The fourth-order valence-corrected chi connectivity index (χ4v) is 13.4. The predicted molar refractivity (Wildman–Crippen MR) is 230 cm³/mol. The number of Topliss-reactive ketones (excluding diaryl/α,β-unsaturated/α-hetero) is 2. The second-order valence-corrected chi connectivity index (χ2v) is 22.5. The first-order chi connectivity index (χ1) is 30.5. The average molecular weight is 966 g/mol. The van der Waals surface area contributed by atoms with Crippen molar-refractivity contribution in [2.24, 2.45) is 10.9 Å². The molecule has 0 bridgehead atoms. The first kappa shape index (κ1) is 46.9. The van der Waals surface area contributed by atoms with Gasteiger partial charge in [0.15, 0.2) is 30.2 Å². The van der Waals surface area contributed by atoms with Gasteiger partial charge in [-0.25, -0.2) is 15.1 Å². The van der Waals surface area contributed by atoms with Crippen molar-refractivity contribution in [1.82, 2.24) is 31.5 Å². The molecule has 0 fully saturated rings. The van der Waals surface area contributed by atoms with Gasteiger partial charge in [0.25, 0.3) is 36.3 Å². The Bertz CT molecular complexity index is 2670. The van der Waals surface area contributed by atoms with E-state index in [0.29, 0.717) is 61.7 Å². The number of likely N-dealkylation sites (N-methyl/N-ethyl adjacent to an activating group) is 1. The molecule has 25 heteroatoms. The lowest BCUT2D eigenvalue weighted by molar-refractivity contribution is -0.133. The topological polar surface area (TPSA) is 348 Å². The molecule has 8 aliphatic rings. The molecular formula is C40H51N7O15S3. The number of nitrogens with zero attached hydrogens (tertiary/aromatic N) is 2. The van der Waals surface area contributed by atoms with Crippen LogP contribution < -0.4 is 26.6 Å². The minimum atomic E-state index is -5.11. The summed E-state index contributed by atoms with van der Waals surface area (Å²) in [6.07, 6.45) is 5.42. The van der Waals surface area contributed by atoms with E-state index in [9.17, 15) is 68.3 Å². The number of guanidine groups is 1. The Morgan fingerprint density at radius 1 is 0.877 bits per heavy atom. The number of rotatable bonds is 11. The van der Waals surface area contributed by atoms with Crippen molar-refractivity contribution in [2.75, 3.05) is 7.05 Å². The van der Waals surface area contributed by atoms with E-state index in [-0.39, 0.29) is 59.6 Å². The zero-order valence-electron chi connectivity index (χ0n) is 35.0. The maximum atomic E-state index is 14.8. The van der Waals surface area contributed by atoms with Crippen LogP contribution in [0.1, 0.15) is 77.0 Å². The van der Waals surface area contributed by atoms with Crippen molar-refractivity contribution < 1.29 is 68.3 Å². The molecule has 0 aromatic heterocycles. The highest BCUT2D eigenvalue weighted by molar-refractivity contribution is 7.87. The van der Waals surface area contributed by atoms with Crippen LogP contribution in [-0.4, -0.2) is 143 Å². The SMILES string of the molecule is CN1C(=O)C(C(=O)C2C=CCC(S(=O)(=O)O)C2)=C2C3=C(CCCC3)C(=O)C3=C2C1CCC3NC1C=C(NC2N=C(NC3CCCC=C3C(=O)O)NC(O)N2)C(S(=O)(=O)O)CC1S(=O)(=O)O. The van der Waals surface area contributed by atoms with Crippen LogP contribution in [0.5, 0.6) is 0 Å². The number of fused-ring (bicyclic) bond motifs is 1. The minimum absolute atomic E-state index is 0.0331. The molecule has 65 heavy (non-hydrogen) atoms.